The van der Waals surface area contributed by atoms with Gasteiger partial charge in [0.25, 0.3) is 0 Å². The molecule has 1 aromatic rings. The van der Waals surface area contributed by atoms with Gasteiger partial charge in [0.1, 0.15) is 6.04 Å². The fourth-order valence-electron chi connectivity index (χ4n) is 1.75. The van der Waals surface area contributed by atoms with Crippen molar-refractivity contribution in [2.75, 3.05) is 20.8 Å². The summed E-state index contributed by atoms with van der Waals surface area (Å²) in [6.45, 7) is 1.82. The minimum absolute atomic E-state index is 0.0196. The average Bonchev–Trinajstić information content (AvgIpc) is 2.33. The molecule has 0 aromatic heterocycles. The molecule has 0 saturated heterocycles. The molecule has 0 aliphatic heterocycles. The van der Waals surface area contributed by atoms with E-state index < -0.39 is 12.2 Å². The Morgan fingerprint density at radius 2 is 1.89 bits per heavy atom. The zero-order valence-electron chi connectivity index (χ0n) is 10.5. The molecule has 0 fully saturated rings. The summed E-state index contributed by atoms with van der Waals surface area (Å²) in [7, 11) is 2.71. The number of benzene rings is 1. The van der Waals surface area contributed by atoms with Gasteiger partial charge in [0.15, 0.2) is 11.5 Å². The van der Waals surface area contributed by atoms with Crippen molar-refractivity contribution in [1.29, 1.82) is 0 Å². The number of nitrogens with one attached hydrogen (secondary N) is 1. The van der Waals surface area contributed by atoms with E-state index in [1.807, 2.05) is 0 Å². The van der Waals surface area contributed by atoms with Crippen LogP contribution in [0.15, 0.2) is 18.2 Å². The number of para-hydroxylation sites is 1. The summed E-state index contributed by atoms with van der Waals surface area (Å²) in [6, 6.07) is 2.67. The van der Waals surface area contributed by atoms with Crippen LogP contribution in [0.5, 0.6) is 11.5 Å². The summed E-state index contributed by atoms with van der Waals surface area (Å²) in [6.07, 6.45) is -4.39. The van der Waals surface area contributed by atoms with Gasteiger partial charge in [-0.1, -0.05) is 19.1 Å². The van der Waals surface area contributed by atoms with Crippen molar-refractivity contribution in [1.82, 2.24) is 5.32 Å². The van der Waals surface area contributed by atoms with E-state index in [0.29, 0.717) is 0 Å². The number of methoxy groups -OCH3 is 2. The van der Waals surface area contributed by atoms with E-state index >= 15 is 0 Å². The number of ether oxygens (including phenoxy) is 2. The van der Waals surface area contributed by atoms with Gasteiger partial charge in [-0.05, 0) is 12.6 Å². The first-order valence-corrected chi connectivity index (χ1v) is 5.46. The van der Waals surface area contributed by atoms with Gasteiger partial charge in [-0.25, -0.2) is 0 Å². The van der Waals surface area contributed by atoms with Crippen molar-refractivity contribution >= 4 is 0 Å². The fraction of sp³-hybridized carbons (Fsp3) is 0.500. The molecule has 6 heteroatoms. The molecule has 0 aliphatic rings. The van der Waals surface area contributed by atoms with E-state index in [1.54, 1.807) is 13.0 Å². The molecule has 1 unspecified atom stereocenters. The summed E-state index contributed by atoms with van der Waals surface area (Å²) < 4.78 is 49.0. The van der Waals surface area contributed by atoms with Crippen LogP contribution >= 0.6 is 0 Å². The molecular formula is C12H16F3NO2. The molecular weight excluding hydrogens is 247 g/mol. The van der Waals surface area contributed by atoms with E-state index in [4.69, 9.17) is 9.47 Å². The highest BCUT2D eigenvalue weighted by atomic mass is 19.4. The highest BCUT2D eigenvalue weighted by molar-refractivity contribution is 5.48. The first-order chi connectivity index (χ1) is 8.45. The molecule has 102 valence electrons. The van der Waals surface area contributed by atoms with Crippen molar-refractivity contribution in [2.45, 2.75) is 19.1 Å². The molecule has 18 heavy (non-hydrogen) atoms. The van der Waals surface area contributed by atoms with Gasteiger partial charge in [-0.2, -0.15) is 13.2 Å². The lowest BCUT2D eigenvalue weighted by Gasteiger charge is -2.24. The maximum Gasteiger partial charge on any atom is 0.408 e. The van der Waals surface area contributed by atoms with Crippen molar-refractivity contribution in [2.24, 2.45) is 0 Å². The van der Waals surface area contributed by atoms with E-state index in [1.165, 1.54) is 26.4 Å². The standard InChI is InChI=1S/C12H16F3NO2/c1-4-16-11(12(13,14)15)8-6-5-7-9(17-2)10(8)18-3/h5-7,11,16H,4H2,1-3H3. The van der Waals surface area contributed by atoms with E-state index in [0.717, 1.165) is 0 Å². The summed E-state index contributed by atoms with van der Waals surface area (Å²) in [5, 5.41) is 2.40. The van der Waals surface area contributed by atoms with E-state index in [-0.39, 0.29) is 23.6 Å². The Morgan fingerprint density at radius 1 is 1.22 bits per heavy atom. The molecule has 1 atom stereocenters. The maximum atomic E-state index is 13.0. The highest BCUT2D eigenvalue weighted by Gasteiger charge is 2.42. The zero-order chi connectivity index (χ0) is 13.8. The predicted octanol–water partition coefficient (Wildman–Crippen LogP) is 2.92. The Labute approximate surface area is 104 Å². The molecule has 0 saturated carbocycles. The first-order valence-electron chi connectivity index (χ1n) is 5.46. The summed E-state index contributed by atoms with van der Waals surface area (Å²) in [4.78, 5) is 0. The predicted molar refractivity (Wildman–Crippen MR) is 62.0 cm³/mol. The summed E-state index contributed by atoms with van der Waals surface area (Å²) >= 11 is 0. The maximum absolute atomic E-state index is 13.0. The zero-order valence-corrected chi connectivity index (χ0v) is 10.5. The molecule has 0 bridgehead atoms. The number of rotatable bonds is 5. The highest BCUT2D eigenvalue weighted by Crippen LogP contribution is 2.41. The topological polar surface area (TPSA) is 30.5 Å². The Kier molecular flexibility index (Phi) is 4.84. The lowest BCUT2D eigenvalue weighted by Crippen LogP contribution is -2.34. The molecule has 0 radical (unpaired) electrons. The van der Waals surface area contributed by atoms with Crippen molar-refractivity contribution in [3.8, 4) is 11.5 Å². The molecule has 1 aromatic carbocycles. The quantitative estimate of drug-likeness (QED) is 0.886. The van der Waals surface area contributed by atoms with Crippen LogP contribution in [0.1, 0.15) is 18.5 Å². The average molecular weight is 263 g/mol. The van der Waals surface area contributed by atoms with Crippen molar-refractivity contribution in [3.05, 3.63) is 23.8 Å². The fourth-order valence-corrected chi connectivity index (χ4v) is 1.75. The van der Waals surface area contributed by atoms with Gasteiger partial charge in [0, 0.05) is 5.56 Å². The summed E-state index contributed by atoms with van der Waals surface area (Å²) in [5.41, 5.74) is 0.0196. The van der Waals surface area contributed by atoms with Crippen LogP contribution in [0, 0.1) is 0 Å². The summed E-state index contributed by atoms with van der Waals surface area (Å²) in [5.74, 6) is 0.380. The second-order valence-corrected chi connectivity index (χ2v) is 3.62. The van der Waals surface area contributed by atoms with Crippen LogP contribution in [0.4, 0.5) is 13.2 Å². The largest absolute Gasteiger partial charge is 0.493 e. The Balaban J connectivity index is 3.27. The third kappa shape index (κ3) is 3.07. The number of hydrogen-bond donors (Lipinski definition) is 1. The number of hydrogen-bond acceptors (Lipinski definition) is 3. The van der Waals surface area contributed by atoms with Crippen molar-refractivity contribution < 1.29 is 22.6 Å². The third-order valence-corrected chi connectivity index (χ3v) is 2.48. The molecule has 0 spiro atoms. The second-order valence-electron chi connectivity index (χ2n) is 3.62. The van der Waals surface area contributed by atoms with E-state index in [9.17, 15) is 13.2 Å². The van der Waals surface area contributed by atoms with Crippen molar-refractivity contribution in [3.63, 3.8) is 0 Å². The van der Waals surface area contributed by atoms with Gasteiger partial charge >= 0.3 is 6.18 Å². The molecule has 1 rings (SSSR count). The Hall–Kier alpha value is -1.43. The van der Waals surface area contributed by atoms with Gasteiger partial charge in [-0.15, -0.1) is 0 Å². The van der Waals surface area contributed by atoms with Crippen LogP contribution < -0.4 is 14.8 Å². The monoisotopic (exact) mass is 263 g/mol. The van der Waals surface area contributed by atoms with Gasteiger partial charge in [0.05, 0.1) is 14.2 Å². The van der Waals surface area contributed by atoms with Gasteiger partial charge < -0.3 is 14.8 Å². The third-order valence-electron chi connectivity index (χ3n) is 2.48. The van der Waals surface area contributed by atoms with E-state index in [2.05, 4.69) is 5.32 Å². The Bertz CT molecular complexity index is 393. The normalized spacial score (nSPS) is 13.2. The molecule has 0 amide bonds. The smallest absolute Gasteiger partial charge is 0.408 e. The lowest BCUT2D eigenvalue weighted by molar-refractivity contribution is -0.157. The van der Waals surface area contributed by atoms with Gasteiger partial charge in [-0.3, -0.25) is 0 Å². The Morgan fingerprint density at radius 3 is 2.33 bits per heavy atom. The molecule has 0 heterocycles. The lowest BCUT2D eigenvalue weighted by atomic mass is 10.0. The number of halogens is 3. The van der Waals surface area contributed by atoms with Crippen LogP contribution in [-0.2, 0) is 0 Å². The second kappa shape index (κ2) is 5.95. The minimum atomic E-state index is -4.39. The van der Waals surface area contributed by atoms with Crippen LogP contribution in [0.3, 0.4) is 0 Å². The SMILES string of the molecule is CCNC(c1cccc(OC)c1OC)C(F)(F)F. The van der Waals surface area contributed by atoms with Crippen LogP contribution in [0.25, 0.3) is 0 Å². The number of alkyl halides is 3. The van der Waals surface area contributed by atoms with Gasteiger partial charge in [0.2, 0.25) is 0 Å². The molecule has 1 N–H and O–H groups in total. The van der Waals surface area contributed by atoms with Crippen LogP contribution in [-0.4, -0.2) is 26.9 Å². The minimum Gasteiger partial charge on any atom is -0.493 e. The van der Waals surface area contributed by atoms with Crippen LogP contribution in [0.2, 0.25) is 0 Å². The molecule has 0 aliphatic carbocycles. The first kappa shape index (κ1) is 14.6. The molecule has 3 nitrogen and oxygen atoms in total.